The van der Waals surface area contributed by atoms with Crippen LogP contribution in [0.1, 0.15) is 6.42 Å². The van der Waals surface area contributed by atoms with Crippen LogP contribution in [0.25, 0.3) is 16.7 Å². The van der Waals surface area contributed by atoms with Gasteiger partial charge in [-0.1, -0.05) is 12.1 Å². The van der Waals surface area contributed by atoms with Crippen LogP contribution in [-0.4, -0.2) is 52.2 Å². The van der Waals surface area contributed by atoms with E-state index in [9.17, 15) is 12.8 Å². The van der Waals surface area contributed by atoms with E-state index >= 15 is 0 Å². The molecule has 11 heteroatoms. The normalized spacial score (nSPS) is 16.8. The third-order valence-corrected chi connectivity index (χ3v) is 6.65. The van der Waals surface area contributed by atoms with E-state index in [0.29, 0.717) is 36.5 Å². The maximum atomic E-state index is 13.5. The molecular formula is C20H20FN7O2S. The van der Waals surface area contributed by atoms with Gasteiger partial charge in [-0.2, -0.15) is 10.2 Å². The average molecular weight is 441 g/mol. The molecule has 1 saturated heterocycles. The molecule has 31 heavy (non-hydrogen) atoms. The number of para-hydroxylation sites is 1. The molecule has 5 rings (SSSR count). The first-order chi connectivity index (χ1) is 14.9. The minimum Gasteiger partial charge on any atom is -0.368 e. The lowest BCUT2D eigenvalue weighted by atomic mass is 10.2. The van der Waals surface area contributed by atoms with Crippen LogP contribution in [0.5, 0.6) is 0 Å². The van der Waals surface area contributed by atoms with Crippen molar-refractivity contribution in [1.82, 2.24) is 24.5 Å². The Bertz CT molecular complexity index is 1360. The van der Waals surface area contributed by atoms with Crippen molar-refractivity contribution in [1.29, 1.82) is 0 Å². The summed E-state index contributed by atoms with van der Waals surface area (Å²) in [7, 11) is -2.13. The molecule has 0 spiro atoms. The van der Waals surface area contributed by atoms with E-state index in [2.05, 4.69) is 19.9 Å². The van der Waals surface area contributed by atoms with Crippen LogP contribution in [0.15, 0.2) is 60.0 Å². The van der Waals surface area contributed by atoms with Crippen LogP contribution < -0.4 is 9.62 Å². The third kappa shape index (κ3) is 3.61. The number of benzene rings is 1. The van der Waals surface area contributed by atoms with Gasteiger partial charge in [0.25, 0.3) is 10.0 Å². The Morgan fingerprint density at radius 1 is 1.19 bits per heavy atom. The Morgan fingerprint density at radius 3 is 2.87 bits per heavy atom. The number of hydrogen-bond acceptors (Lipinski definition) is 6. The molecule has 0 saturated carbocycles. The zero-order valence-electron chi connectivity index (χ0n) is 16.7. The van der Waals surface area contributed by atoms with Gasteiger partial charge in [0.15, 0.2) is 5.82 Å². The van der Waals surface area contributed by atoms with Crippen LogP contribution in [-0.2, 0) is 17.1 Å². The smallest absolute Gasteiger partial charge is 0.265 e. The van der Waals surface area contributed by atoms with Crippen molar-refractivity contribution in [3.63, 3.8) is 0 Å². The second-order valence-electron chi connectivity index (χ2n) is 7.44. The summed E-state index contributed by atoms with van der Waals surface area (Å²) in [6, 6.07) is 8.89. The Balaban J connectivity index is 1.43. The highest BCUT2D eigenvalue weighted by atomic mass is 32.2. The van der Waals surface area contributed by atoms with Gasteiger partial charge in [-0.05, 0) is 18.6 Å². The van der Waals surface area contributed by atoms with Crippen LogP contribution in [0.4, 0.5) is 15.8 Å². The summed E-state index contributed by atoms with van der Waals surface area (Å²) in [6.45, 7) is 0.971. The number of alkyl halides is 1. The second-order valence-corrected chi connectivity index (χ2v) is 9.12. The van der Waals surface area contributed by atoms with Crippen molar-refractivity contribution in [2.45, 2.75) is 17.5 Å². The van der Waals surface area contributed by atoms with E-state index in [0.717, 1.165) is 11.1 Å². The van der Waals surface area contributed by atoms with Crippen LogP contribution in [0, 0.1) is 0 Å². The molecule has 4 aromatic rings. The summed E-state index contributed by atoms with van der Waals surface area (Å²) in [4.78, 5) is 6.22. The molecule has 0 radical (unpaired) electrons. The van der Waals surface area contributed by atoms with Crippen LogP contribution in [0.2, 0.25) is 0 Å². The molecule has 1 aliphatic heterocycles. The Kier molecular flexibility index (Phi) is 4.62. The van der Waals surface area contributed by atoms with Gasteiger partial charge in [-0.3, -0.25) is 9.40 Å². The molecule has 0 aliphatic carbocycles. The molecule has 1 atom stereocenters. The summed E-state index contributed by atoms with van der Waals surface area (Å²) < 4.78 is 45.1. The van der Waals surface area contributed by atoms with Crippen molar-refractivity contribution in [2.75, 3.05) is 22.7 Å². The molecular weight excluding hydrogens is 421 g/mol. The van der Waals surface area contributed by atoms with Gasteiger partial charge in [0.2, 0.25) is 0 Å². The topological polar surface area (TPSA) is 97.9 Å². The molecule has 9 nitrogen and oxygen atoms in total. The number of nitrogens with one attached hydrogen (secondary N) is 1. The largest absolute Gasteiger partial charge is 0.368 e. The van der Waals surface area contributed by atoms with Gasteiger partial charge < -0.3 is 4.90 Å². The summed E-state index contributed by atoms with van der Waals surface area (Å²) in [5.74, 6) is 0.454. The van der Waals surface area contributed by atoms with Crippen molar-refractivity contribution in [3.8, 4) is 5.82 Å². The van der Waals surface area contributed by atoms with E-state index in [1.54, 1.807) is 48.4 Å². The lowest BCUT2D eigenvalue weighted by Crippen LogP contribution is -2.20. The highest BCUT2D eigenvalue weighted by Crippen LogP contribution is 2.26. The first kappa shape index (κ1) is 19.5. The Labute approximate surface area is 178 Å². The van der Waals surface area contributed by atoms with Gasteiger partial charge in [0.05, 0.1) is 29.8 Å². The second kappa shape index (κ2) is 7.34. The number of aryl methyl sites for hydroxylation is 1. The van der Waals surface area contributed by atoms with Crippen LogP contribution in [0.3, 0.4) is 0 Å². The van der Waals surface area contributed by atoms with E-state index in [1.807, 2.05) is 11.0 Å². The number of rotatable bonds is 5. The zero-order valence-corrected chi connectivity index (χ0v) is 17.5. The predicted octanol–water partition coefficient (Wildman–Crippen LogP) is 2.50. The number of halogens is 1. The maximum Gasteiger partial charge on any atom is 0.265 e. The molecule has 0 bridgehead atoms. The molecule has 0 amide bonds. The first-order valence-corrected chi connectivity index (χ1v) is 11.2. The Morgan fingerprint density at radius 2 is 2.06 bits per heavy atom. The number of anilines is 2. The minimum atomic E-state index is -3.88. The summed E-state index contributed by atoms with van der Waals surface area (Å²) in [6.07, 6.45) is 5.61. The lowest BCUT2D eigenvalue weighted by molar-refractivity contribution is 0.364. The number of fused-ring (bicyclic) bond motifs is 1. The van der Waals surface area contributed by atoms with Gasteiger partial charge in [0, 0.05) is 43.5 Å². The highest BCUT2D eigenvalue weighted by molar-refractivity contribution is 7.92. The third-order valence-electron chi connectivity index (χ3n) is 5.33. The van der Waals surface area contributed by atoms with Crippen molar-refractivity contribution in [3.05, 3.63) is 55.1 Å². The standard InChI is InChI=1S/C20H20FN7O2S/c1-26-20-14(10-23-26)3-2-4-18(20)25-31(29,30)17-11-24-28(13-17)19-9-16(5-7-22-19)27-8-6-15(21)12-27/h2-5,7,9-11,13,15,25H,6,8,12H2,1H3/t15-/m0/s1. The van der Waals surface area contributed by atoms with Gasteiger partial charge in [0.1, 0.15) is 11.1 Å². The molecule has 160 valence electrons. The van der Waals surface area contributed by atoms with E-state index in [4.69, 9.17) is 0 Å². The van der Waals surface area contributed by atoms with Gasteiger partial charge in [-0.15, -0.1) is 0 Å². The fourth-order valence-corrected chi connectivity index (χ4v) is 4.77. The molecule has 1 aliphatic rings. The van der Waals surface area contributed by atoms with Gasteiger partial charge >= 0.3 is 0 Å². The molecule has 1 fully saturated rings. The average Bonchev–Trinajstić information content (AvgIpc) is 3.49. The maximum absolute atomic E-state index is 13.5. The minimum absolute atomic E-state index is 0.00358. The quantitative estimate of drug-likeness (QED) is 0.511. The van der Waals surface area contributed by atoms with E-state index in [1.165, 1.54) is 17.1 Å². The number of sulfonamides is 1. The first-order valence-electron chi connectivity index (χ1n) is 9.74. The summed E-state index contributed by atoms with van der Waals surface area (Å²) in [5.41, 5.74) is 1.94. The zero-order chi connectivity index (χ0) is 21.6. The summed E-state index contributed by atoms with van der Waals surface area (Å²) in [5, 5.41) is 9.18. The SMILES string of the molecule is Cn1ncc2cccc(NS(=O)(=O)c3cnn(-c4cc(N5CC[C@H](F)C5)ccn4)c3)c21. The number of pyridine rings is 1. The molecule has 0 unspecified atom stereocenters. The molecule has 4 heterocycles. The fourth-order valence-electron chi connectivity index (χ4n) is 3.77. The van der Waals surface area contributed by atoms with Crippen molar-refractivity contribution in [2.24, 2.45) is 7.05 Å². The number of hydrogen-bond donors (Lipinski definition) is 1. The monoisotopic (exact) mass is 441 g/mol. The van der Waals surface area contributed by atoms with Crippen LogP contribution >= 0.6 is 0 Å². The molecule has 3 aromatic heterocycles. The predicted molar refractivity (Wildman–Crippen MR) is 115 cm³/mol. The Hall–Kier alpha value is -3.47. The number of nitrogens with zero attached hydrogens (tertiary/aromatic N) is 6. The lowest BCUT2D eigenvalue weighted by Gasteiger charge is -2.17. The fraction of sp³-hybridized carbons (Fsp3) is 0.250. The van der Waals surface area contributed by atoms with Crippen molar-refractivity contribution >= 4 is 32.3 Å². The van der Waals surface area contributed by atoms with E-state index in [-0.39, 0.29) is 4.90 Å². The number of aromatic nitrogens is 5. The van der Waals surface area contributed by atoms with E-state index < -0.39 is 16.2 Å². The molecule has 1 aromatic carbocycles. The van der Waals surface area contributed by atoms with Crippen molar-refractivity contribution < 1.29 is 12.8 Å². The summed E-state index contributed by atoms with van der Waals surface area (Å²) >= 11 is 0. The highest BCUT2D eigenvalue weighted by Gasteiger charge is 2.23. The van der Waals surface area contributed by atoms with Gasteiger partial charge in [-0.25, -0.2) is 22.5 Å². The molecule has 1 N–H and O–H groups in total.